The Balaban J connectivity index is 2.52. The average molecular weight is 278 g/mol. The topological polar surface area (TPSA) is 69.6 Å². The van der Waals surface area contributed by atoms with E-state index >= 15 is 0 Å². The van der Waals surface area contributed by atoms with Crippen LogP contribution in [0.1, 0.15) is 40.0 Å². The van der Waals surface area contributed by atoms with Crippen molar-refractivity contribution < 1.29 is 13.5 Å². The predicted octanol–water partition coefficient (Wildman–Crippen LogP) is 0.960. The fraction of sp³-hybridized carbons (Fsp3) is 1.00. The standard InChI is InChI=1S/C12H26N2O3S/c1-4-5-12(15)7-13-18(16,17)14-8-10(2)6-11(3)9-14/h10-13,15H,4-9H2,1-3H3. The van der Waals surface area contributed by atoms with Gasteiger partial charge in [0.2, 0.25) is 0 Å². The van der Waals surface area contributed by atoms with E-state index in [-0.39, 0.29) is 6.54 Å². The smallest absolute Gasteiger partial charge is 0.279 e. The number of nitrogens with zero attached hydrogens (tertiary/aromatic N) is 1. The molecular weight excluding hydrogens is 252 g/mol. The summed E-state index contributed by atoms with van der Waals surface area (Å²) in [7, 11) is -3.44. The van der Waals surface area contributed by atoms with Crippen LogP contribution in [0.3, 0.4) is 0 Å². The summed E-state index contributed by atoms with van der Waals surface area (Å²) in [5.41, 5.74) is 0. The average Bonchev–Trinajstić information content (AvgIpc) is 2.26. The molecule has 1 saturated heterocycles. The first-order valence-electron chi connectivity index (χ1n) is 6.78. The van der Waals surface area contributed by atoms with E-state index in [4.69, 9.17) is 0 Å². The van der Waals surface area contributed by atoms with E-state index < -0.39 is 16.3 Å². The Morgan fingerprint density at radius 1 is 1.33 bits per heavy atom. The molecule has 0 amide bonds. The first-order valence-corrected chi connectivity index (χ1v) is 8.22. The summed E-state index contributed by atoms with van der Waals surface area (Å²) < 4.78 is 28.2. The maximum absolute atomic E-state index is 12.1. The van der Waals surface area contributed by atoms with Crippen molar-refractivity contribution in [1.82, 2.24) is 9.03 Å². The molecule has 0 aliphatic carbocycles. The van der Waals surface area contributed by atoms with Crippen LogP contribution in [-0.2, 0) is 10.2 Å². The highest BCUT2D eigenvalue weighted by Gasteiger charge is 2.30. The number of piperidine rings is 1. The predicted molar refractivity (Wildman–Crippen MR) is 72.4 cm³/mol. The molecule has 6 heteroatoms. The van der Waals surface area contributed by atoms with Gasteiger partial charge in [-0.1, -0.05) is 27.2 Å². The van der Waals surface area contributed by atoms with Gasteiger partial charge in [-0.2, -0.15) is 17.4 Å². The normalized spacial score (nSPS) is 28.2. The van der Waals surface area contributed by atoms with E-state index in [1.807, 2.05) is 6.92 Å². The molecule has 0 aromatic carbocycles. The second kappa shape index (κ2) is 6.84. The zero-order valence-electron chi connectivity index (χ0n) is 11.6. The van der Waals surface area contributed by atoms with Gasteiger partial charge in [0.25, 0.3) is 10.2 Å². The van der Waals surface area contributed by atoms with Crippen molar-refractivity contribution in [3.8, 4) is 0 Å². The summed E-state index contributed by atoms with van der Waals surface area (Å²) in [6.45, 7) is 7.36. The van der Waals surface area contributed by atoms with Gasteiger partial charge in [-0.05, 0) is 24.7 Å². The van der Waals surface area contributed by atoms with Gasteiger partial charge >= 0.3 is 0 Å². The minimum Gasteiger partial charge on any atom is -0.392 e. The van der Waals surface area contributed by atoms with Gasteiger partial charge in [0.05, 0.1) is 6.10 Å². The third kappa shape index (κ3) is 4.84. The molecule has 0 aromatic rings. The van der Waals surface area contributed by atoms with Crippen LogP contribution in [0.5, 0.6) is 0 Å². The lowest BCUT2D eigenvalue weighted by atomic mass is 9.94. The summed E-state index contributed by atoms with van der Waals surface area (Å²) in [5.74, 6) is 0.789. The van der Waals surface area contributed by atoms with Gasteiger partial charge in [0.1, 0.15) is 0 Å². The van der Waals surface area contributed by atoms with E-state index in [0.29, 0.717) is 31.3 Å². The molecule has 0 aromatic heterocycles. The molecule has 1 aliphatic heterocycles. The molecule has 0 bridgehead atoms. The largest absolute Gasteiger partial charge is 0.392 e. The van der Waals surface area contributed by atoms with Crippen molar-refractivity contribution >= 4 is 10.2 Å². The second-order valence-electron chi connectivity index (χ2n) is 5.56. The minimum absolute atomic E-state index is 0.107. The molecule has 0 saturated carbocycles. The summed E-state index contributed by atoms with van der Waals surface area (Å²) in [5, 5.41) is 9.57. The molecule has 108 valence electrons. The highest BCUT2D eigenvalue weighted by molar-refractivity contribution is 7.87. The lowest BCUT2D eigenvalue weighted by molar-refractivity contribution is 0.165. The number of nitrogens with one attached hydrogen (secondary N) is 1. The zero-order valence-corrected chi connectivity index (χ0v) is 12.4. The first-order chi connectivity index (χ1) is 8.35. The van der Waals surface area contributed by atoms with Crippen molar-refractivity contribution in [2.75, 3.05) is 19.6 Å². The Labute approximate surface area is 111 Å². The fourth-order valence-electron chi connectivity index (χ4n) is 2.53. The number of aliphatic hydroxyl groups is 1. The number of hydrogen-bond donors (Lipinski definition) is 2. The van der Waals surface area contributed by atoms with E-state index in [1.165, 1.54) is 4.31 Å². The van der Waals surface area contributed by atoms with Crippen molar-refractivity contribution in [2.45, 2.75) is 46.1 Å². The number of aliphatic hydroxyl groups excluding tert-OH is 1. The highest BCUT2D eigenvalue weighted by atomic mass is 32.2. The molecule has 18 heavy (non-hydrogen) atoms. The molecular formula is C12H26N2O3S. The quantitative estimate of drug-likeness (QED) is 0.760. The van der Waals surface area contributed by atoms with Crippen molar-refractivity contribution in [3.05, 3.63) is 0 Å². The maximum Gasteiger partial charge on any atom is 0.279 e. The molecule has 1 heterocycles. The Kier molecular flexibility index (Phi) is 6.04. The molecule has 5 nitrogen and oxygen atoms in total. The van der Waals surface area contributed by atoms with Crippen LogP contribution in [0, 0.1) is 11.8 Å². The monoisotopic (exact) mass is 278 g/mol. The van der Waals surface area contributed by atoms with E-state index in [9.17, 15) is 13.5 Å². The molecule has 3 atom stereocenters. The minimum atomic E-state index is -3.44. The molecule has 0 spiro atoms. The van der Waals surface area contributed by atoms with Crippen LogP contribution in [0.25, 0.3) is 0 Å². The van der Waals surface area contributed by atoms with Gasteiger partial charge in [-0.25, -0.2) is 0 Å². The van der Waals surface area contributed by atoms with Gasteiger partial charge in [-0.3, -0.25) is 0 Å². The maximum atomic E-state index is 12.1. The Morgan fingerprint density at radius 2 is 1.89 bits per heavy atom. The third-order valence-corrected chi connectivity index (χ3v) is 4.81. The molecule has 1 fully saturated rings. The zero-order chi connectivity index (χ0) is 13.8. The summed E-state index contributed by atoms with van der Waals surface area (Å²) in [4.78, 5) is 0. The van der Waals surface area contributed by atoms with Gasteiger partial charge in [-0.15, -0.1) is 0 Å². The Bertz CT molecular complexity index is 335. The van der Waals surface area contributed by atoms with Gasteiger partial charge in [0.15, 0.2) is 0 Å². The van der Waals surface area contributed by atoms with Crippen molar-refractivity contribution in [1.29, 1.82) is 0 Å². The molecule has 0 radical (unpaired) electrons. The van der Waals surface area contributed by atoms with Crippen LogP contribution in [0.2, 0.25) is 0 Å². The fourth-order valence-corrected chi connectivity index (χ4v) is 4.02. The van der Waals surface area contributed by atoms with Crippen LogP contribution in [0.15, 0.2) is 0 Å². The highest BCUT2D eigenvalue weighted by Crippen LogP contribution is 2.22. The molecule has 3 unspecified atom stereocenters. The number of hydrogen-bond acceptors (Lipinski definition) is 3. The van der Waals surface area contributed by atoms with Crippen molar-refractivity contribution in [3.63, 3.8) is 0 Å². The van der Waals surface area contributed by atoms with Crippen molar-refractivity contribution in [2.24, 2.45) is 11.8 Å². The van der Waals surface area contributed by atoms with E-state index in [1.54, 1.807) is 0 Å². The SMILES string of the molecule is CCCC(O)CNS(=O)(=O)N1CC(C)CC(C)C1. The van der Waals surface area contributed by atoms with Crippen LogP contribution < -0.4 is 4.72 Å². The summed E-state index contributed by atoms with van der Waals surface area (Å²) in [6, 6.07) is 0. The second-order valence-corrected chi connectivity index (χ2v) is 7.31. The summed E-state index contributed by atoms with van der Waals surface area (Å²) >= 11 is 0. The lowest BCUT2D eigenvalue weighted by Crippen LogP contribution is -2.49. The molecule has 1 aliphatic rings. The molecule has 1 rings (SSSR count). The van der Waals surface area contributed by atoms with Crippen LogP contribution >= 0.6 is 0 Å². The number of rotatable bonds is 6. The van der Waals surface area contributed by atoms with E-state index in [0.717, 1.165) is 12.8 Å². The Hall–Kier alpha value is -0.170. The van der Waals surface area contributed by atoms with E-state index in [2.05, 4.69) is 18.6 Å². The first kappa shape index (κ1) is 15.9. The lowest BCUT2D eigenvalue weighted by Gasteiger charge is -2.34. The molecule has 2 N–H and O–H groups in total. The van der Waals surface area contributed by atoms with Gasteiger partial charge < -0.3 is 5.11 Å². The van der Waals surface area contributed by atoms with Crippen LogP contribution in [-0.4, -0.2) is 43.6 Å². The van der Waals surface area contributed by atoms with Crippen LogP contribution in [0.4, 0.5) is 0 Å². The summed E-state index contributed by atoms with van der Waals surface area (Å²) in [6.07, 6.45) is 1.95. The van der Waals surface area contributed by atoms with Gasteiger partial charge in [0, 0.05) is 19.6 Å². The Morgan fingerprint density at radius 3 is 2.39 bits per heavy atom. The third-order valence-electron chi connectivity index (χ3n) is 3.30.